The predicted octanol–water partition coefficient (Wildman–Crippen LogP) is 3.52. The van der Waals surface area contributed by atoms with Gasteiger partial charge in [-0.1, -0.05) is 36.0 Å². The third-order valence-corrected chi connectivity index (χ3v) is 5.23. The summed E-state index contributed by atoms with van der Waals surface area (Å²) in [4.78, 5) is 34.7. The van der Waals surface area contributed by atoms with Crippen molar-refractivity contribution < 1.29 is 32.3 Å². The van der Waals surface area contributed by atoms with E-state index in [4.69, 9.17) is 10.5 Å². The average Bonchev–Trinajstić information content (AvgIpc) is 2.65. The van der Waals surface area contributed by atoms with Gasteiger partial charge in [-0.05, 0) is 42.5 Å². The van der Waals surface area contributed by atoms with E-state index in [2.05, 4.69) is 0 Å². The Morgan fingerprint density at radius 2 is 1.79 bits per heavy atom. The van der Waals surface area contributed by atoms with Crippen molar-refractivity contribution in [2.45, 2.75) is 37.6 Å². The Morgan fingerprint density at radius 3 is 2.28 bits per heavy atom. The van der Waals surface area contributed by atoms with Gasteiger partial charge in [0.25, 0.3) is 0 Å². The van der Waals surface area contributed by atoms with Crippen LogP contribution in [0.5, 0.6) is 5.75 Å². The summed E-state index contributed by atoms with van der Waals surface area (Å²) in [6.45, 7) is 1.07. The molecule has 0 aromatic heterocycles. The first-order chi connectivity index (χ1) is 13.6. The lowest BCUT2D eigenvalue weighted by Gasteiger charge is -2.16. The van der Waals surface area contributed by atoms with Crippen LogP contribution in [0.2, 0.25) is 0 Å². The third-order valence-electron chi connectivity index (χ3n) is 4.21. The zero-order valence-corrected chi connectivity index (χ0v) is 16.4. The van der Waals surface area contributed by atoms with Gasteiger partial charge in [0.15, 0.2) is 17.5 Å². The maximum Gasteiger partial charge on any atom is 0.412 e. The smallest absolute Gasteiger partial charge is 0.412 e. The van der Waals surface area contributed by atoms with Gasteiger partial charge in [-0.25, -0.2) is 0 Å². The molecule has 1 aromatic rings. The molecule has 0 saturated carbocycles. The van der Waals surface area contributed by atoms with Gasteiger partial charge in [0.05, 0.1) is 5.25 Å². The molecule has 1 aliphatic carbocycles. The van der Waals surface area contributed by atoms with Crippen LogP contribution in [0.1, 0.15) is 25.3 Å². The van der Waals surface area contributed by atoms with E-state index in [-0.39, 0.29) is 36.8 Å². The Kier molecular flexibility index (Phi) is 7.66. The highest BCUT2D eigenvalue weighted by Crippen LogP contribution is 2.33. The van der Waals surface area contributed by atoms with E-state index in [1.807, 2.05) is 0 Å². The summed E-state index contributed by atoms with van der Waals surface area (Å²) in [5.41, 5.74) is 5.71. The molecule has 1 atom stereocenters. The van der Waals surface area contributed by atoms with Gasteiger partial charge >= 0.3 is 6.18 Å². The Morgan fingerprint density at radius 1 is 1.14 bits per heavy atom. The summed E-state index contributed by atoms with van der Waals surface area (Å²) in [6, 6.07) is 6.59. The fraction of sp³-hybridized carbons (Fsp3) is 0.350. The Bertz CT molecular complexity index is 844. The molecule has 0 spiro atoms. The second kappa shape index (κ2) is 9.78. The van der Waals surface area contributed by atoms with Gasteiger partial charge < -0.3 is 10.5 Å². The Balaban J connectivity index is 1.91. The molecule has 156 valence electrons. The normalized spacial score (nSPS) is 15.2. The molecule has 0 bridgehead atoms. The predicted molar refractivity (Wildman–Crippen MR) is 103 cm³/mol. The number of carbonyl (C=O) groups excluding carboxylic acids is 3. The van der Waals surface area contributed by atoms with E-state index in [9.17, 15) is 27.6 Å². The second-order valence-electron chi connectivity index (χ2n) is 6.44. The molecule has 1 unspecified atom stereocenters. The van der Waals surface area contributed by atoms with Crippen LogP contribution in [-0.2, 0) is 20.8 Å². The number of allylic oxidation sites excluding steroid dienone is 3. The summed E-state index contributed by atoms with van der Waals surface area (Å²) < 4.78 is 43.2. The quantitative estimate of drug-likeness (QED) is 0.686. The van der Waals surface area contributed by atoms with Crippen LogP contribution in [-0.4, -0.2) is 34.8 Å². The summed E-state index contributed by atoms with van der Waals surface area (Å²) in [6.07, 6.45) is -2.18. The maximum absolute atomic E-state index is 12.6. The van der Waals surface area contributed by atoms with Crippen molar-refractivity contribution in [1.82, 2.24) is 0 Å². The molecular formula is C20H20F3NO4S. The molecule has 0 fully saturated rings. The molecule has 2 rings (SSSR count). The van der Waals surface area contributed by atoms with Crippen molar-refractivity contribution in [3.8, 4) is 5.75 Å². The minimum absolute atomic E-state index is 0.0226. The average molecular weight is 427 g/mol. The van der Waals surface area contributed by atoms with Crippen LogP contribution in [0.3, 0.4) is 0 Å². The van der Waals surface area contributed by atoms with E-state index in [1.165, 1.54) is 13.0 Å². The van der Waals surface area contributed by atoms with Crippen molar-refractivity contribution in [3.63, 3.8) is 0 Å². The number of alkyl halides is 3. The molecule has 1 aromatic carbocycles. The number of amides is 1. The zero-order chi connectivity index (χ0) is 21.6. The van der Waals surface area contributed by atoms with Crippen molar-refractivity contribution in [2.24, 2.45) is 5.73 Å². The van der Waals surface area contributed by atoms with E-state index < -0.39 is 22.9 Å². The molecule has 1 amide bonds. The monoisotopic (exact) mass is 427 g/mol. The zero-order valence-electron chi connectivity index (χ0n) is 15.6. The Labute approximate surface area is 170 Å². The summed E-state index contributed by atoms with van der Waals surface area (Å²) >= 11 is 0.868. The lowest BCUT2D eigenvalue weighted by molar-refractivity contribution is -0.118. The largest absolute Gasteiger partial charge is 0.485 e. The van der Waals surface area contributed by atoms with Crippen molar-refractivity contribution in [1.29, 1.82) is 0 Å². The van der Waals surface area contributed by atoms with E-state index >= 15 is 0 Å². The number of halogens is 3. The first-order valence-electron chi connectivity index (χ1n) is 8.74. The van der Waals surface area contributed by atoms with Crippen molar-refractivity contribution >= 4 is 28.6 Å². The summed E-state index contributed by atoms with van der Waals surface area (Å²) in [7, 11) is 0. The highest BCUT2D eigenvalue weighted by molar-refractivity contribution is 8.14. The number of benzene rings is 1. The summed E-state index contributed by atoms with van der Waals surface area (Å²) in [5.74, 6) is -0.558. The lowest BCUT2D eigenvalue weighted by atomic mass is 9.95. The van der Waals surface area contributed by atoms with Crippen LogP contribution >= 0.6 is 11.8 Å². The lowest BCUT2D eigenvalue weighted by Crippen LogP contribution is -2.28. The highest BCUT2D eigenvalue weighted by atomic mass is 32.2. The van der Waals surface area contributed by atoms with E-state index in [1.54, 1.807) is 24.3 Å². The number of nitrogens with two attached hydrogens (primary N) is 1. The van der Waals surface area contributed by atoms with Gasteiger partial charge in [-0.3, -0.25) is 14.4 Å². The maximum atomic E-state index is 12.6. The molecule has 1 aliphatic rings. The van der Waals surface area contributed by atoms with Gasteiger partial charge in [0.1, 0.15) is 5.75 Å². The molecule has 0 aliphatic heterocycles. The SMILES string of the molecule is CC(=O)SC(Cc1ccc(OCC(=O)C2=CC=C(C(F)(F)F)CC2)cc1)C(N)=O. The first-order valence-corrected chi connectivity index (χ1v) is 9.62. The molecule has 5 nitrogen and oxygen atoms in total. The van der Waals surface area contributed by atoms with Crippen LogP contribution in [0.4, 0.5) is 13.2 Å². The highest BCUT2D eigenvalue weighted by Gasteiger charge is 2.34. The molecule has 2 N–H and O–H groups in total. The van der Waals surface area contributed by atoms with Gasteiger partial charge in [0, 0.05) is 12.5 Å². The molecule has 0 radical (unpaired) electrons. The molecule has 29 heavy (non-hydrogen) atoms. The Hall–Kier alpha value is -2.55. The number of ketones is 1. The van der Waals surface area contributed by atoms with Crippen LogP contribution in [0, 0.1) is 0 Å². The third kappa shape index (κ3) is 7.08. The minimum atomic E-state index is -4.38. The van der Waals surface area contributed by atoms with Crippen molar-refractivity contribution in [3.05, 3.63) is 53.1 Å². The fourth-order valence-corrected chi connectivity index (χ4v) is 3.48. The van der Waals surface area contributed by atoms with E-state index in [0.29, 0.717) is 11.3 Å². The second-order valence-corrected chi connectivity index (χ2v) is 7.82. The molecule has 9 heteroatoms. The number of Topliss-reactive ketones (excluding diaryl/α,β-unsaturated/α-hetero) is 1. The van der Waals surface area contributed by atoms with Crippen molar-refractivity contribution in [2.75, 3.05) is 6.61 Å². The van der Waals surface area contributed by atoms with Gasteiger partial charge in [0.2, 0.25) is 5.91 Å². The van der Waals surface area contributed by atoms with Gasteiger partial charge in [-0.2, -0.15) is 13.2 Å². The topological polar surface area (TPSA) is 86.5 Å². The molecular weight excluding hydrogens is 407 g/mol. The number of hydrogen-bond donors (Lipinski definition) is 1. The molecule has 0 heterocycles. The number of hydrogen-bond acceptors (Lipinski definition) is 5. The van der Waals surface area contributed by atoms with E-state index in [0.717, 1.165) is 23.4 Å². The fourth-order valence-electron chi connectivity index (χ4n) is 2.68. The van der Waals surface area contributed by atoms with Gasteiger partial charge in [-0.15, -0.1) is 0 Å². The molecule has 0 saturated heterocycles. The number of thioether (sulfide) groups is 1. The number of rotatable bonds is 8. The van der Waals surface area contributed by atoms with Crippen LogP contribution in [0.25, 0.3) is 0 Å². The minimum Gasteiger partial charge on any atom is -0.485 e. The van der Waals surface area contributed by atoms with Crippen LogP contribution < -0.4 is 10.5 Å². The first kappa shape index (κ1) is 22.7. The number of primary amides is 1. The number of ether oxygens (including phenoxy) is 1. The standard InChI is InChI=1S/C20H20F3NO4S/c1-12(25)29-18(19(24)27)10-13-2-8-16(9-3-13)28-11-17(26)14-4-6-15(7-5-14)20(21,22)23/h2-4,6,8-9,18H,5,7,10-11H2,1H3,(H2,24,27). The van der Waals surface area contributed by atoms with Crippen LogP contribution in [0.15, 0.2) is 47.6 Å². The summed E-state index contributed by atoms with van der Waals surface area (Å²) in [5, 5.41) is -0.879. The number of carbonyl (C=O) groups is 3.